The molecule has 0 aromatic heterocycles. The number of halogens is 1. The van der Waals surface area contributed by atoms with Gasteiger partial charge >= 0.3 is 0 Å². The normalized spacial score (nSPS) is 17.5. The first-order valence-corrected chi connectivity index (χ1v) is 9.43. The number of sulfonamides is 1. The molecule has 0 bridgehead atoms. The molecule has 0 saturated carbocycles. The number of hydrogen-bond acceptors (Lipinski definition) is 3. The zero-order valence-electron chi connectivity index (χ0n) is 13.7. The van der Waals surface area contributed by atoms with Gasteiger partial charge in [-0.3, -0.25) is 4.31 Å². The molecule has 4 nitrogen and oxygen atoms in total. The number of aryl methyl sites for hydroxylation is 1. The average Bonchev–Trinajstić information content (AvgIpc) is 2.55. The lowest BCUT2D eigenvalue weighted by Gasteiger charge is -2.36. The van der Waals surface area contributed by atoms with Gasteiger partial charge in [0, 0.05) is 6.04 Å². The Kier molecular flexibility index (Phi) is 4.49. The van der Waals surface area contributed by atoms with Gasteiger partial charge in [-0.05, 0) is 74.7 Å². The molecule has 0 radical (unpaired) electrons. The summed E-state index contributed by atoms with van der Waals surface area (Å²) in [5, 5.41) is 0. The van der Waals surface area contributed by atoms with Gasteiger partial charge in [0.25, 0.3) is 10.0 Å². The van der Waals surface area contributed by atoms with Gasteiger partial charge < -0.3 is 4.74 Å². The molecular formula is C18H20FNO3S. The summed E-state index contributed by atoms with van der Waals surface area (Å²) >= 11 is 0. The molecule has 6 heteroatoms. The minimum atomic E-state index is -3.71. The van der Waals surface area contributed by atoms with Crippen LogP contribution < -0.4 is 9.04 Å². The summed E-state index contributed by atoms with van der Waals surface area (Å²) in [6.07, 6.45) is 1.33. The molecule has 2 aromatic carbocycles. The van der Waals surface area contributed by atoms with E-state index < -0.39 is 10.0 Å². The van der Waals surface area contributed by atoms with E-state index in [0.717, 1.165) is 5.56 Å². The fourth-order valence-corrected chi connectivity index (χ4v) is 4.77. The van der Waals surface area contributed by atoms with E-state index in [4.69, 9.17) is 4.74 Å². The smallest absolute Gasteiger partial charge is 0.264 e. The number of nitrogens with zero attached hydrogens (tertiary/aromatic N) is 1. The van der Waals surface area contributed by atoms with E-state index in [2.05, 4.69) is 0 Å². The summed E-state index contributed by atoms with van der Waals surface area (Å²) in [5.41, 5.74) is 1.28. The first kappa shape index (κ1) is 16.8. The largest absolute Gasteiger partial charge is 0.494 e. The molecule has 1 atom stereocenters. The van der Waals surface area contributed by atoms with Crippen LogP contribution >= 0.6 is 0 Å². The quantitative estimate of drug-likeness (QED) is 0.844. The standard InChI is InChI=1S/C18H20FNO3S/c1-3-23-16-7-9-17(10-8-16)24(21,22)20-13(2)4-5-14-12-15(19)6-11-18(14)20/h6-13H,3-5H2,1-2H3. The second-order valence-corrected chi connectivity index (χ2v) is 7.68. The first-order chi connectivity index (χ1) is 11.4. The van der Waals surface area contributed by atoms with Crippen molar-refractivity contribution < 1.29 is 17.5 Å². The summed E-state index contributed by atoms with van der Waals surface area (Å²) in [7, 11) is -3.71. The molecule has 24 heavy (non-hydrogen) atoms. The third kappa shape index (κ3) is 2.98. The van der Waals surface area contributed by atoms with Crippen LogP contribution in [0.2, 0.25) is 0 Å². The molecular weight excluding hydrogens is 329 g/mol. The molecule has 128 valence electrons. The lowest BCUT2D eigenvalue weighted by molar-refractivity contribution is 0.340. The molecule has 0 N–H and O–H groups in total. The van der Waals surface area contributed by atoms with E-state index in [9.17, 15) is 12.8 Å². The molecule has 1 unspecified atom stereocenters. The van der Waals surface area contributed by atoms with Crippen LogP contribution in [0.3, 0.4) is 0 Å². The highest BCUT2D eigenvalue weighted by Gasteiger charge is 2.33. The Labute approximate surface area is 141 Å². The molecule has 0 fully saturated rings. The number of anilines is 1. The van der Waals surface area contributed by atoms with Crippen molar-refractivity contribution in [1.82, 2.24) is 0 Å². The fraction of sp³-hybridized carbons (Fsp3) is 0.333. The van der Waals surface area contributed by atoms with Crippen molar-refractivity contribution in [3.8, 4) is 5.75 Å². The Hall–Kier alpha value is -2.08. The van der Waals surface area contributed by atoms with E-state index in [1.807, 2.05) is 13.8 Å². The predicted octanol–water partition coefficient (Wildman–Crippen LogP) is 3.75. The maximum Gasteiger partial charge on any atom is 0.264 e. The molecule has 0 amide bonds. The fourth-order valence-electron chi connectivity index (χ4n) is 3.04. The third-order valence-corrected chi connectivity index (χ3v) is 6.14. The first-order valence-electron chi connectivity index (χ1n) is 7.99. The minimum absolute atomic E-state index is 0.181. The van der Waals surface area contributed by atoms with Gasteiger partial charge in [0.1, 0.15) is 11.6 Å². The van der Waals surface area contributed by atoms with Crippen LogP contribution in [-0.4, -0.2) is 21.1 Å². The number of hydrogen-bond donors (Lipinski definition) is 0. The van der Waals surface area contributed by atoms with Gasteiger partial charge in [-0.2, -0.15) is 0 Å². The lowest BCUT2D eigenvalue weighted by Crippen LogP contribution is -2.42. The van der Waals surface area contributed by atoms with Crippen molar-refractivity contribution in [2.45, 2.75) is 37.6 Å². The van der Waals surface area contributed by atoms with E-state index in [0.29, 0.717) is 30.9 Å². The Morgan fingerprint density at radius 2 is 1.92 bits per heavy atom. The maximum atomic E-state index is 13.5. The van der Waals surface area contributed by atoms with Crippen LogP contribution in [0.25, 0.3) is 0 Å². The summed E-state index contributed by atoms with van der Waals surface area (Å²) in [4.78, 5) is 0.204. The molecule has 1 aliphatic heterocycles. The van der Waals surface area contributed by atoms with Gasteiger partial charge in [0.05, 0.1) is 17.2 Å². The highest BCUT2D eigenvalue weighted by molar-refractivity contribution is 7.92. The second kappa shape index (κ2) is 6.43. The maximum absolute atomic E-state index is 13.5. The third-order valence-electron chi connectivity index (χ3n) is 4.20. The zero-order chi connectivity index (χ0) is 17.3. The lowest BCUT2D eigenvalue weighted by atomic mass is 9.99. The predicted molar refractivity (Wildman–Crippen MR) is 91.5 cm³/mol. The van der Waals surface area contributed by atoms with Crippen molar-refractivity contribution in [2.24, 2.45) is 0 Å². The van der Waals surface area contributed by atoms with Gasteiger partial charge in [0.15, 0.2) is 0 Å². The Balaban J connectivity index is 2.03. The Bertz CT molecular complexity index is 834. The highest BCUT2D eigenvalue weighted by Crippen LogP contribution is 2.35. The van der Waals surface area contributed by atoms with Crippen LogP contribution in [0.4, 0.5) is 10.1 Å². The van der Waals surface area contributed by atoms with E-state index in [1.54, 1.807) is 30.3 Å². The SMILES string of the molecule is CCOc1ccc(S(=O)(=O)N2c3ccc(F)cc3CCC2C)cc1. The van der Waals surface area contributed by atoms with Crippen LogP contribution in [0.5, 0.6) is 5.75 Å². The molecule has 1 aliphatic rings. The highest BCUT2D eigenvalue weighted by atomic mass is 32.2. The number of benzene rings is 2. The zero-order valence-corrected chi connectivity index (χ0v) is 14.5. The van der Waals surface area contributed by atoms with Crippen LogP contribution in [0.15, 0.2) is 47.4 Å². The van der Waals surface area contributed by atoms with Crippen molar-refractivity contribution in [3.05, 3.63) is 53.8 Å². The van der Waals surface area contributed by atoms with E-state index in [1.165, 1.54) is 16.4 Å². The molecule has 0 spiro atoms. The van der Waals surface area contributed by atoms with Crippen molar-refractivity contribution in [3.63, 3.8) is 0 Å². The summed E-state index contributed by atoms with van der Waals surface area (Å²) < 4.78 is 46.4. The van der Waals surface area contributed by atoms with Gasteiger partial charge in [-0.1, -0.05) is 0 Å². The molecule has 0 aliphatic carbocycles. The monoisotopic (exact) mass is 349 g/mol. The summed E-state index contributed by atoms with van der Waals surface area (Å²) in [6.45, 7) is 4.27. The Morgan fingerprint density at radius 1 is 1.21 bits per heavy atom. The van der Waals surface area contributed by atoms with Crippen LogP contribution in [0.1, 0.15) is 25.8 Å². The second-order valence-electron chi connectivity index (χ2n) is 5.87. The topological polar surface area (TPSA) is 46.6 Å². The average molecular weight is 349 g/mol. The van der Waals surface area contributed by atoms with Crippen molar-refractivity contribution in [1.29, 1.82) is 0 Å². The van der Waals surface area contributed by atoms with Crippen LogP contribution in [-0.2, 0) is 16.4 Å². The minimum Gasteiger partial charge on any atom is -0.494 e. The number of ether oxygens (including phenoxy) is 1. The number of fused-ring (bicyclic) bond motifs is 1. The van der Waals surface area contributed by atoms with E-state index >= 15 is 0 Å². The molecule has 1 heterocycles. The molecule has 2 aromatic rings. The molecule has 0 saturated heterocycles. The van der Waals surface area contributed by atoms with Crippen molar-refractivity contribution in [2.75, 3.05) is 10.9 Å². The Morgan fingerprint density at radius 3 is 2.58 bits per heavy atom. The van der Waals surface area contributed by atoms with E-state index in [-0.39, 0.29) is 16.8 Å². The summed E-state index contributed by atoms with van der Waals surface area (Å²) in [5.74, 6) is 0.285. The molecule has 3 rings (SSSR count). The van der Waals surface area contributed by atoms with Crippen LogP contribution in [0, 0.1) is 5.82 Å². The van der Waals surface area contributed by atoms with Gasteiger partial charge in [-0.25, -0.2) is 12.8 Å². The summed E-state index contributed by atoms with van der Waals surface area (Å²) in [6, 6.07) is 10.5. The van der Waals surface area contributed by atoms with Crippen molar-refractivity contribution >= 4 is 15.7 Å². The number of rotatable bonds is 4. The van der Waals surface area contributed by atoms with Gasteiger partial charge in [-0.15, -0.1) is 0 Å². The van der Waals surface area contributed by atoms with Gasteiger partial charge in [0.2, 0.25) is 0 Å².